The first-order chi connectivity index (χ1) is 26.8. The molecule has 58 heavy (non-hydrogen) atoms. The highest BCUT2D eigenvalue weighted by atomic mass is 32.2. The van der Waals surface area contributed by atoms with Crippen LogP contribution in [-0.2, 0) is 60.3 Å². The van der Waals surface area contributed by atoms with Gasteiger partial charge in [0.15, 0.2) is 22.8 Å². The number of nitrogens with zero attached hydrogens (tertiary/aromatic N) is 4. The van der Waals surface area contributed by atoms with Gasteiger partial charge >= 0.3 is 23.5 Å². The minimum atomic E-state index is -5.60. The maximum absolute atomic E-state index is 12.7. The summed E-state index contributed by atoms with van der Waals surface area (Å²) in [4.78, 5) is 109. The molecule has 1 fully saturated rings. The molecule has 2 unspecified atom stereocenters. The fraction of sp³-hybridized carbons (Fsp3) is 0.630. The summed E-state index contributed by atoms with van der Waals surface area (Å²) >= 11 is 0.749. The van der Waals surface area contributed by atoms with Crippen LogP contribution in [0, 0.1) is 5.41 Å². The minimum Gasteiger partial charge on any atom is -0.550 e. The number of imidazole rings is 1. The summed E-state index contributed by atoms with van der Waals surface area (Å²) in [6, 6.07) is 0. The Hall–Kier alpha value is -3.30. The lowest BCUT2D eigenvalue weighted by atomic mass is 9.87. The summed E-state index contributed by atoms with van der Waals surface area (Å²) in [5.74, 6) is -3.54. The van der Waals surface area contributed by atoms with Crippen LogP contribution in [0.4, 0.5) is 5.82 Å². The Morgan fingerprint density at radius 1 is 1.02 bits per heavy atom. The molecule has 0 saturated carbocycles. The Balaban J connectivity index is 1.46. The summed E-state index contributed by atoms with van der Waals surface area (Å²) in [6.07, 6.45) is -8.51. The van der Waals surface area contributed by atoms with Gasteiger partial charge in [0.25, 0.3) is 0 Å². The van der Waals surface area contributed by atoms with Gasteiger partial charge in [-0.2, -0.15) is 4.31 Å². The van der Waals surface area contributed by atoms with Gasteiger partial charge in [-0.15, -0.1) is 0 Å². The molecule has 1 aliphatic rings. The second-order valence-electron chi connectivity index (χ2n) is 12.9. The molecule has 10 N–H and O–H groups in total. The van der Waals surface area contributed by atoms with Crippen molar-refractivity contribution in [2.45, 2.75) is 70.2 Å². The smallest absolute Gasteiger partial charge is 0.481 e. The minimum absolute atomic E-state index is 0.0123. The number of ketones is 1. The van der Waals surface area contributed by atoms with Crippen molar-refractivity contribution >= 4 is 80.9 Å². The number of nitrogens with two attached hydrogens (primary N) is 1. The van der Waals surface area contributed by atoms with Crippen molar-refractivity contribution in [3.63, 3.8) is 0 Å². The number of anilines is 1. The zero-order valence-electron chi connectivity index (χ0n) is 30.4. The van der Waals surface area contributed by atoms with Crippen LogP contribution in [0.25, 0.3) is 11.2 Å². The van der Waals surface area contributed by atoms with Crippen LogP contribution in [-0.4, -0.2) is 134 Å². The highest BCUT2D eigenvalue weighted by molar-refractivity contribution is 8.13. The van der Waals surface area contributed by atoms with Crippen molar-refractivity contribution in [1.29, 1.82) is 0 Å². The molecule has 7 atom stereocenters. The monoisotopic (exact) mass is 908 g/mol. The molecule has 0 bridgehead atoms. The average molecular weight is 909 g/mol. The Bertz CT molecular complexity index is 1960. The van der Waals surface area contributed by atoms with Crippen LogP contribution in [0.5, 0.6) is 0 Å². The van der Waals surface area contributed by atoms with Gasteiger partial charge in [-0.25, -0.2) is 28.6 Å². The van der Waals surface area contributed by atoms with Crippen molar-refractivity contribution in [1.82, 2.24) is 30.2 Å². The number of amides is 2. The number of hydrogen-bond acceptors (Lipinski definition) is 21. The number of aliphatic hydroxyl groups excluding tert-OH is 2. The highest BCUT2D eigenvalue weighted by Crippen LogP contribution is 2.61. The van der Waals surface area contributed by atoms with Crippen molar-refractivity contribution < 1.29 is 95.2 Å². The summed E-state index contributed by atoms with van der Waals surface area (Å²) in [7, 11) is -16.5. The van der Waals surface area contributed by atoms with Gasteiger partial charge in [-0.1, -0.05) is 25.6 Å². The van der Waals surface area contributed by atoms with Gasteiger partial charge in [0.1, 0.15) is 42.0 Å². The molecular weight excluding hydrogens is 867 g/mol. The van der Waals surface area contributed by atoms with Crippen LogP contribution in [0.1, 0.15) is 45.8 Å². The summed E-state index contributed by atoms with van der Waals surface area (Å²) in [5.41, 5.74) is 4.16. The van der Waals surface area contributed by atoms with E-state index in [4.69, 9.17) is 19.5 Å². The molecule has 1 aliphatic heterocycles. The van der Waals surface area contributed by atoms with Crippen LogP contribution in [0.3, 0.4) is 0 Å². The molecule has 0 aromatic carbocycles. The Morgan fingerprint density at radius 3 is 2.34 bits per heavy atom. The fourth-order valence-electron chi connectivity index (χ4n) is 4.84. The number of phosphoric acid groups is 3. The van der Waals surface area contributed by atoms with E-state index in [0.717, 1.165) is 29.0 Å². The Morgan fingerprint density at radius 2 is 1.69 bits per heavy atom. The molecule has 2 aromatic heterocycles. The molecule has 0 spiro atoms. The molecule has 31 heteroatoms. The third-order valence-electron chi connectivity index (χ3n) is 7.71. The topological polar surface area (TPSA) is 421 Å². The van der Waals surface area contributed by atoms with Gasteiger partial charge in [0, 0.05) is 43.1 Å². The number of carboxylic acids is 1. The number of aliphatic hydroxyl groups is 2. The number of hydrogen-bond donors (Lipinski definition) is 9. The highest BCUT2D eigenvalue weighted by Gasteiger charge is 2.50. The van der Waals surface area contributed by atoms with E-state index in [1.165, 1.54) is 13.8 Å². The first kappa shape index (κ1) is 49.1. The molecule has 3 heterocycles. The van der Waals surface area contributed by atoms with Crippen molar-refractivity contribution in [2.24, 2.45) is 5.41 Å². The molecule has 2 aromatic rings. The van der Waals surface area contributed by atoms with E-state index in [0.29, 0.717) is 0 Å². The van der Waals surface area contributed by atoms with Crippen LogP contribution < -0.4 is 21.5 Å². The number of carbonyl (C=O) groups is 5. The molecule has 0 aliphatic carbocycles. The largest absolute Gasteiger partial charge is 0.550 e. The molecule has 27 nitrogen and oxygen atoms in total. The van der Waals surface area contributed by atoms with Gasteiger partial charge in [0.05, 0.1) is 26.0 Å². The normalized spacial score (nSPS) is 21.2. The number of aliphatic carboxylic acids is 1. The van der Waals surface area contributed by atoms with Crippen LogP contribution in [0.2, 0.25) is 0 Å². The lowest BCUT2D eigenvalue weighted by molar-refractivity contribution is -0.305. The zero-order valence-corrected chi connectivity index (χ0v) is 33.9. The number of phosphoric ester groups is 3. The maximum Gasteiger partial charge on any atom is 0.481 e. The molecule has 2 amide bonds. The number of carbonyl (C=O) groups excluding carboxylic acids is 5. The standard InChI is InChI=1S/C27H42N7O20P3S/c1-27(2,22(41)25(42)30-6-5-16(36)29-7-8-58-18(39)9-14(35)3-4-17(37)38)11-51-57(48,49)54-56(46,47)50-10-15-21(53-55(43,44)45)20(40)26(52-15)34-13-33-19-23(28)31-12-32-24(19)34/h12-13,15,20-22,26,40-41H,3-11H2,1-2H3,(H,29,36)(H,30,42)(H,37,38)(H,46,47)(H,48,49)(H2,28,31,32)(H2,43,44,45)/p-1/t15-,20-,21-,22+,26-/m1/s1. The zero-order chi connectivity index (χ0) is 43.6. The van der Waals surface area contributed by atoms with E-state index in [1.807, 2.05) is 0 Å². The number of rotatable bonds is 24. The molecular formula is C27H41N7O20P3S-. The Kier molecular flexibility index (Phi) is 17.6. The van der Waals surface area contributed by atoms with Gasteiger partial charge in [0.2, 0.25) is 11.8 Å². The lowest BCUT2D eigenvalue weighted by Crippen LogP contribution is -2.46. The first-order valence-electron chi connectivity index (χ1n) is 16.6. The molecule has 326 valence electrons. The van der Waals surface area contributed by atoms with Crippen LogP contribution in [0.15, 0.2) is 12.7 Å². The van der Waals surface area contributed by atoms with Crippen molar-refractivity contribution in [3.05, 3.63) is 12.7 Å². The van der Waals surface area contributed by atoms with E-state index >= 15 is 0 Å². The fourth-order valence-corrected chi connectivity index (χ4v) is 8.36. The quantitative estimate of drug-likeness (QED) is 0.0291. The SMILES string of the molecule is CC(C)(COP(=O)(O)OP(=O)(O)OC[C@H]1O[C@@H](n2cnc3c(N)ncnc32)[C@H](O)[C@@H]1OP(=O)(O)O)[C@@H](O)C(=O)NCCC(=O)NCCSC(=O)CC(=O)CCC(=O)[O-]. The van der Waals surface area contributed by atoms with Crippen molar-refractivity contribution in [2.75, 3.05) is 37.8 Å². The lowest BCUT2D eigenvalue weighted by Gasteiger charge is -2.30. The maximum atomic E-state index is 12.7. The predicted octanol–water partition coefficient (Wildman–Crippen LogP) is -2.85. The third-order valence-corrected chi connectivity index (χ3v) is 11.7. The first-order valence-corrected chi connectivity index (χ1v) is 22.1. The number of nitrogen functional groups attached to an aromatic ring is 1. The average Bonchev–Trinajstić information content (AvgIpc) is 3.67. The number of nitrogens with one attached hydrogen (secondary N) is 2. The summed E-state index contributed by atoms with van der Waals surface area (Å²) in [6.45, 7) is 0.0550. The van der Waals surface area contributed by atoms with E-state index in [-0.39, 0.29) is 48.7 Å². The van der Waals surface area contributed by atoms with Gasteiger partial charge in [-0.05, 0) is 6.42 Å². The second kappa shape index (κ2) is 20.8. The molecule has 0 radical (unpaired) electrons. The number of ether oxygens (including phenoxy) is 1. The summed E-state index contributed by atoms with van der Waals surface area (Å²) < 4.78 is 61.9. The van der Waals surface area contributed by atoms with E-state index in [1.54, 1.807) is 0 Å². The number of thioether (sulfide) groups is 1. The number of fused-ring (bicyclic) bond motifs is 1. The van der Waals surface area contributed by atoms with Gasteiger partial charge in [-0.3, -0.25) is 37.3 Å². The third kappa shape index (κ3) is 15.4. The predicted molar refractivity (Wildman–Crippen MR) is 191 cm³/mol. The van der Waals surface area contributed by atoms with Crippen molar-refractivity contribution in [3.8, 4) is 0 Å². The van der Waals surface area contributed by atoms with E-state index in [2.05, 4.69) is 34.4 Å². The number of Topliss-reactive ketones (excluding diaryl/α,β-unsaturated/α-hetero) is 1. The molecule has 1 saturated heterocycles. The van der Waals surface area contributed by atoms with E-state index in [9.17, 15) is 72.6 Å². The second-order valence-corrected chi connectivity index (χ2v) is 18.3. The van der Waals surface area contributed by atoms with Gasteiger partial charge < -0.3 is 60.8 Å². The number of aromatic nitrogens is 4. The van der Waals surface area contributed by atoms with E-state index < -0.39 is 114 Å². The number of carboxylic acid groups (broad SMARTS) is 1. The molecule has 3 rings (SSSR count). The van der Waals surface area contributed by atoms with Crippen LogP contribution >= 0.6 is 35.2 Å². The Labute approximate surface area is 331 Å². The summed E-state index contributed by atoms with van der Waals surface area (Å²) in [5, 5.41) is 36.0.